The van der Waals surface area contributed by atoms with E-state index in [1.54, 1.807) is 0 Å². The molecular formula is C12H17F2NO. The minimum atomic E-state index is -0.663. The van der Waals surface area contributed by atoms with Crippen molar-refractivity contribution in [2.75, 3.05) is 19.7 Å². The van der Waals surface area contributed by atoms with Gasteiger partial charge < -0.3 is 10.1 Å². The van der Waals surface area contributed by atoms with Crippen molar-refractivity contribution in [1.29, 1.82) is 0 Å². The average Bonchev–Trinajstić information content (AvgIpc) is 2.21. The predicted molar refractivity (Wildman–Crippen MR) is 59.6 cm³/mol. The summed E-state index contributed by atoms with van der Waals surface area (Å²) < 4.78 is 31.2. The second kappa shape index (κ2) is 6.43. The lowest BCUT2D eigenvalue weighted by Crippen LogP contribution is -2.25. The third-order valence-corrected chi connectivity index (χ3v) is 2.00. The van der Waals surface area contributed by atoms with Crippen LogP contribution >= 0.6 is 0 Å². The third-order valence-electron chi connectivity index (χ3n) is 2.00. The minimum absolute atomic E-state index is 0.255. The number of halogens is 2. The van der Waals surface area contributed by atoms with Crippen LogP contribution in [0.3, 0.4) is 0 Å². The first kappa shape index (κ1) is 12.9. The highest BCUT2D eigenvalue weighted by molar-refractivity contribution is 5.25. The lowest BCUT2D eigenvalue weighted by Gasteiger charge is -2.10. The van der Waals surface area contributed by atoms with Crippen LogP contribution in [0, 0.1) is 17.6 Å². The Kier molecular flexibility index (Phi) is 5.19. The number of hydrogen-bond acceptors (Lipinski definition) is 2. The van der Waals surface area contributed by atoms with E-state index in [9.17, 15) is 8.78 Å². The maximum absolute atomic E-state index is 13.1. The first-order valence-electron chi connectivity index (χ1n) is 5.38. The molecule has 0 amide bonds. The quantitative estimate of drug-likeness (QED) is 0.757. The molecule has 0 spiro atoms. The van der Waals surface area contributed by atoms with Crippen molar-refractivity contribution in [3.63, 3.8) is 0 Å². The topological polar surface area (TPSA) is 21.3 Å². The van der Waals surface area contributed by atoms with Crippen LogP contribution in [-0.4, -0.2) is 19.7 Å². The second-order valence-corrected chi connectivity index (χ2v) is 4.00. The van der Waals surface area contributed by atoms with Gasteiger partial charge >= 0.3 is 0 Å². The molecule has 1 aromatic rings. The number of ether oxygens (including phenoxy) is 1. The van der Waals surface area contributed by atoms with Crippen molar-refractivity contribution in [1.82, 2.24) is 5.32 Å². The molecule has 4 heteroatoms. The largest absolute Gasteiger partial charge is 0.486 e. The van der Waals surface area contributed by atoms with Gasteiger partial charge in [0.15, 0.2) is 17.4 Å². The standard InChI is InChI=1S/C12H17F2NO/c1-9(2)8-15-6-7-16-12-10(13)4-3-5-11(12)14/h3-5,9,15H,6-8H2,1-2H3. The number of hydrogen-bond donors (Lipinski definition) is 1. The van der Waals surface area contributed by atoms with E-state index in [0.717, 1.165) is 6.54 Å². The van der Waals surface area contributed by atoms with Crippen LogP contribution in [0.1, 0.15) is 13.8 Å². The van der Waals surface area contributed by atoms with E-state index >= 15 is 0 Å². The van der Waals surface area contributed by atoms with Crippen molar-refractivity contribution in [2.24, 2.45) is 5.92 Å². The fraction of sp³-hybridized carbons (Fsp3) is 0.500. The normalized spacial score (nSPS) is 10.8. The molecule has 0 bridgehead atoms. The summed E-state index contributed by atoms with van der Waals surface area (Å²) in [6, 6.07) is 3.68. The van der Waals surface area contributed by atoms with Crippen LogP contribution in [0.5, 0.6) is 5.75 Å². The molecule has 0 radical (unpaired) electrons. The number of nitrogens with one attached hydrogen (secondary N) is 1. The molecule has 1 aromatic carbocycles. The van der Waals surface area contributed by atoms with Crippen molar-refractivity contribution < 1.29 is 13.5 Å². The highest BCUT2D eigenvalue weighted by Gasteiger charge is 2.08. The van der Waals surface area contributed by atoms with Crippen LogP contribution in [-0.2, 0) is 0 Å². The van der Waals surface area contributed by atoms with Gasteiger partial charge in [0, 0.05) is 6.54 Å². The zero-order chi connectivity index (χ0) is 12.0. The third kappa shape index (κ3) is 4.14. The molecule has 1 N–H and O–H groups in total. The molecule has 2 nitrogen and oxygen atoms in total. The molecular weight excluding hydrogens is 212 g/mol. The smallest absolute Gasteiger partial charge is 0.190 e. The monoisotopic (exact) mass is 229 g/mol. The molecule has 0 atom stereocenters. The maximum atomic E-state index is 13.1. The Bertz CT molecular complexity index is 309. The van der Waals surface area contributed by atoms with Crippen molar-refractivity contribution in [3.05, 3.63) is 29.8 Å². The van der Waals surface area contributed by atoms with Crippen molar-refractivity contribution in [3.8, 4) is 5.75 Å². The first-order chi connectivity index (χ1) is 7.61. The van der Waals surface area contributed by atoms with Gasteiger partial charge in [0.2, 0.25) is 0 Å². The maximum Gasteiger partial charge on any atom is 0.190 e. The van der Waals surface area contributed by atoms with Gasteiger partial charge in [-0.25, -0.2) is 8.78 Å². The zero-order valence-electron chi connectivity index (χ0n) is 9.59. The van der Waals surface area contributed by atoms with Gasteiger partial charge in [0.25, 0.3) is 0 Å². The van der Waals surface area contributed by atoms with Gasteiger partial charge in [-0.05, 0) is 24.6 Å². The fourth-order valence-corrected chi connectivity index (χ4v) is 1.24. The average molecular weight is 229 g/mol. The van der Waals surface area contributed by atoms with Crippen LogP contribution in [0.15, 0.2) is 18.2 Å². The Hall–Kier alpha value is -1.16. The lowest BCUT2D eigenvalue weighted by molar-refractivity contribution is 0.281. The van der Waals surface area contributed by atoms with Gasteiger partial charge in [-0.2, -0.15) is 0 Å². The van der Waals surface area contributed by atoms with Gasteiger partial charge in [0.1, 0.15) is 6.61 Å². The molecule has 16 heavy (non-hydrogen) atoms. The summed E-state index contributed by atoms with van der Waals surface area (Å²) in [5.41, 5.74) is 0. The Balaban J connectivity index is 2.32. The van der Waals surface area contributed by atoms with Crippen LogP contribution in [0.2, 0.25) is 0 Å². The highest BCUT2D eigenvalue weighted by atomic mass is 19.1. The Morgan fingerprint density at radius 3 is 2.44 bits per heavy atom. The molecule has 0 aliphatic heterocycles. The summed E-state index contributed by atoms with van der Waals surface area (Å²) >= 11 is 0. The number of rotatable bonds is 6. The lowest BCUT2D eigenvalue weighted by atomic mass is 10.2. The Labute approximate surface area is 94.6 Å². The summed E-state index contributed by atoms with van der Waals surface area (Å²) in [6.45, 7) is 5.87. The molecule has 0 aliphatic rings. The summed E-state index contributed by atoms with van der Waals surface area (Å²) in [6.07, 6.45) is 0. The number of benzene rings is 1. The van der Waals surface area contributed by atoms with E-state index in [1.165, 1.54) is 18.2 Å². The molecule has 0 saturated heterocycles. The molecule has 1 rings (SSSR count). The summed E-state index contributed by atoms with van der Waals surface area (Å²) in [5.74, 6) is -1.08. The Morgan fingerprint density at radius 2 is 1.88 bits per heavy atom. The zero-order valence-corrected chi connectivity index (χ0v) is 9.59. The Morgan fingerprint density at radius 1 is 1.25 bits per heavy atom. The van der Waals surface area contributed by atoms with E-state index in [2.05, 4.69) is 19.2 Å². The molecule has 90 valence electrons. The molecule has 0 fully saturated rings. The van der Waals surface area contributed by atoms with Gasteiger partial charge in [0.05, 0.1) is 0 Å². The van der Waals surface area contributed by atoms with Crippen LogP contribution < -0.4 is 10.1 Å². The van der Waals surface area contributed by atoms with E-state index in [0.29, 0.717) is 12.5 Å². The minimum Gasteiger partial charge on any atom is -0.486 e. The van der Waals surface area contributed by atoms with Gasteiger partial charge in [-0.15, -0.1) is 0 Å². The van der Waals surface area contributed by atoms with Crippen molar-refractivity contribution in [2.45, 2.75) is 13.8 Å². The van der Waals surface area contributed by atoms with Gasteiger partial charge in [-0.3, -0.25) is 0 Å². The van der Waals surface area contributed by atoms with Crippen LogP contribution in [0.25, 0.3) is 0 Å². The molecule has 0 saturated carbocycles. The molecule has 0 aromatic heterocycles. The second-order valence-electron chi connectivity index (χ2n) is 4.00. The number of para-hydroxylation sites is 1. The van der Waals surface area contributed by atoms with E-state index in [1.807, 2.05) is 0 Å². The van der Waals surface area contributed by atoms with E-state index in [-0.39, 0.29) is 12.4 Å². The highest BCUT2D eigenvalue weighted by Crippen LogP contribution is 2.20. The molecule has 0 heterocycles. The van der Waals surface area contributed by atoms with Crippen LogP contribution in [0.4, 0.5) is 8.78 Å². The predicted octanol–water partition coefficient (Wildman–Crippen LogP) is 2.59. The van der Waals surface area contributed by atoms with Crippen molar-refractivity contribution >= 4 is 0 Å². The summed E-state index contributed by atoms with van der Waals surface area (Å²) in [7, 11) is 0. The van der Waals surface area contributed by atoms with Gasteiger partial charge in [-0.1, -0.05) is 19.9 Å². The van der Waals surface area contributed by atoms with E-state index in [4.69, 9.17) is 4.74 Å². The van der Waals surface area contributed by atoms with E-state index < -0.39 is 11.6 Å². The summed E-state index contributed by atoms with van der Waals surface area (Å²) in [4.78, 5) is 0. The molecule has 0 unspecified atom stereocenters. The molecule has 0 aliphatic carbocycles. The first-order valence-corrected chi connectivity index (χ1v) is 5.38. The SMILES string of the molecule is CC(C)CNCCOc1c(F)cccc1F. The fourth-order valence-electron chi connectivity index (χ4n) is 1.24. The summed E-state index contributed by atoms with van der Waals surface area (Å²) in [5, 5.41) is 3.12.